The third-order valence-electron chi connectivity index (χ3n) is 2.98. The molecule has 114 valence electrons. The van der Waals surface area contributed by atoms with Gasteiger partial charge in [0, 0.05) is 18.2 Å². The van der Waals surface area contributed by atoms with E-state index in [2.05, 4.69) is 4.98 Å². The van der Waals surface area contributed by atoms with E-state index in [-0.39, 0.29) is 10.5 Å². The Labute approximate surface area is 130 Å². The predicted molar refractivity (Wildman–Crippen MR) is 88.0 cm³/mol. The van der Waals surface area contributed by atoms with Gasteiger partial charge in [0.25, 0.3) is 5.43 Å². The number of carbonyl (C=O) groups excluding carboxylic acids is 1. The van der Waals surface area contributed by atoms with Crippen molar-refractivity contribution in [1.29, 1.82) is 0 Å². The Balaban J connectivity index is 2.24. The number of allylic oxidation sites excluding steroid dienone is 1. The van der Waals surface area contributed by atoms with Gasteiger partial charge in [0.05, 0.1) is 16.5 Å². The second-order valence-corrected chi connectivity index (χ2v) is 5.87. The van der Waals surface area contributed by atoms with Crippen molar-refractivity contribution in [3.63, 3.8) is 0 Å². The first-order valence-corrected chi connectivity index (χ1v) is 7.57. The van der Waals surface area contributed by atoms with Crippen molar-refractivity contribution in [3.05, 3.63) is 56.4 Å². The Hall–Kier alpha value is -2.41. The molecule has 2 rings (SSSR count). The Bertz CT molecular complexity index is 811. The zero-order chi connectivity index (χ0) is 16.1. The van der Waals surface area contributed by atoms with Crippen LogP contribution in [-0.2, 0) is 4.79 Å². The number of nitrogens with one attached hydrogen (secondary N) is 1. The van der Waals surface area contributed by atoms with Crippen LogP contribution >= 0.6 is 11.8 Å². The first-order chi connectivity index (χ1) is 10.5. The summed E-state index contributed by atoms with van der Waals surface area (Å²) in [6, 6.07) is 5.15. The van der Waals surface area contributed by atoms with Gasteiger partial charge in [-0.3, -0.25) is 19.7 Å². The fourth-order valence-corrected chi connectivity index (χ4v) is 2.50. The summed E-state index contributed by atoms with van der Waals surface area (Å²) in [7, 11) is 0. The molecule has 0 radical (unpaired) electrons. The second-order valence-electron chi connectivity index (χ2n) is 4.60. The first kappa shape index (κ1) is 16.0. The highest BCUT2D eigenvalue weighted by molar-refractivity contribution is 8.13. The van der Waals surface area contributed by atoms with Gasteiger partial charge in [-0.15, -0.1) is 0 Å². The van der Waals surface area contributed by atoms with Crippen LogP contribution in [-0.4, -0.2) is 20.8 Å². The lowest BCUT2D eigenvalue weighted by Gasteiger charge is -2.00. The maximum atomic E-state index is 12.0. The molecule has 1 N–H and O–H groups in total. The number of carbonyl (C=O) groups is 1. The van der Waals surface area contributed by atoms with E-state index < -0.39 is 16.0 Å². The van der Waals surface area contributed by atoms with Crippen LogP contribution in [0.4, 0.5) is 5.69 Å². The van der Waals surface area contributed by atoms with Gasteiger partial charge in [-0.05, 0) is 24.1 Å². The molecule has 1 heterocycles. The molecule has 0 unspecified atom stereocenters. The van der Waals surface area contributed by atoms with E-state index in [4.69, 9.17) is 0 Å². The summed E-state index contributed by atoms with van der Waals surface area (Å²) in [6.07, 6.45) is 5.58. The lowest BCUT2D eigenvalue weighted by molar-refractivity contribution is -0.386. The lowest BCUT2D eigenvalue weighted by atomic mass is 10.1. The SMILES string of the molecule is CC(=O)SCCC=Cc1ccc2[nH]cc([N+](=O)[O-])c(=O)c2c1. The molecule has 0 amide bonds. The van der Waals surface area contributed by atoms with Gasteiger partial charge in [-0.25, -0.2) is 0 Å². The standard InChI is InChI=1S/C15H14N2O4S/c1-10(18)22-7-3-2-4-11-5-6-13-12(8-11)15(19)14(9-16-13)17(20)21/h2,4-6,8-9H,3,7H2,1H3,(H,16,19). The topological polar surface area (TPSA) is 93.1 Å². The van der Waals surface area contributed by atoms with Crippen molar-refractivity contribution in [2.45, 2.75) is 13.3 Å². The van der Waals surface area contributed by atoms with Gasteiger partial charge in [-0.1, -0.05) is 30.0 Å². The van der Waals surface area contributed by atoms with Crippen molar-refractivity contribution in [2.75, 3.05) is 5.75 Å². The molecule has 0 aliphatic rings. The minimum absolute atomic E-state index is 0.0814. The first-order valence-electron chi connectivity index (χ1n) is 6.59. The number of rotatable bonds is 5. The molecule has 0 fully saturated rings. The van der Waals surface area contributed by atoms with Gasteiger partial charge in [0.2, 0.25) is 0 Å². The number of hydrogen-bond donors (Lipinski definition) is 1. The number of nitro groups is 1. The van der Waals surface area contributed by atoms with Crippen LogP contribution in [0.5, 0.6) is 0 Å². The molecule has 0 spiro atoms. The van der Waals surface area contributed by atoms with E-state index in [1.165, 1.54) is 18.7 Å². The summed E-state index contributed by atoms with van der Waals surface area (Å²) in [5, 5.41) is 11.2. The molecule has 0 bridgehead atoms. The van der Waals surface area contributed by atoms with Crippen molar-refractivity contribution in [1.82, 2.24) is 4.98 Å². The molecular formula is C15H14N2O4S. The Kier molecular flexibility index (Phi) is 5.11. The molecule has 0 aliphatic carbocycles. The maximum Gasteiger partial charge on any atom is 0.332 e. The summed E-state index contributed by atoms with van der Waals surface area (Å²) in [5.74, 6) is 0.700. The van der Waals surface area contributed by atoms with Crippen molar-refractivity contribution in [2.24, 2.45) is 0 Å². The van der Waals surface area contributed by atoms with Crippen LogP contribution in [0.3, 0.4) is 0 Å². The summed E-state index contributed by atoms with van der Waals surface area (Å²) in [6.45, 7) is 1.52. The van der Waals surface area contributed by atoms with Gasteiger partial charge in [-0.2, -0.15) is 0 Å². The van der Waals surface area contributed by atoms with Crippen molar-refractivity contribution < 1.29 is 9.72 Å². The number of nitrogens with zero attached hydrogens (tertiary/aromatic N) is 1. The van der Waals surface area contributed by atoms with Crippen LogP contribution in [0.15, 0.2) is 35.3 Å². The van der Waals surface area contributed by atoms with E-state index >= 15 is 0 Å². The number of H-pyrrole nitrogens is 1. The summed E-state index contributed by atoms with van der Waals surface area (Å²) >= 11 is 1.26. The third kappa shape index (κ3) is 3.82. The van der Waals surface area contributed by atoms with Crippen molar-refractivity contribution >= 4 is 39.5 Å². The van der Waals surface area contributed by atoms with Crippen LogP contribution in [0.25, 0.3) is 17.0 Å². The monoisotopic (exact) mass is 318 g/mol. The normalized spacial score (nSPS) is 11.1. The molecule has 2 aromatic rings. The lowest BCUT2D eigenvalue weighted by Crippen LogP contribution is -2.09. The molecule has 22 heavy (non-hydrogen) atoms. The van der Waals surface area contributed by atoms with E-state index in [0.717, 1.165) is 18.2 Å². The Morgan fingerprint density at radius 1 is 1.45 bits per heavy atom. The van der Waals surface area contributed by atoms with Gasteiger partial charge < -0.3 is 4.98 Å². The molecule has 0 atom stereocenters. The Morgan fingerprint density at radius 3 is 2.91 bits per heavy atom. The number of aromatic nitrogens is 1. The minimum atomic E-state index is -0.695. The van der Waals surface area contributed by atoms with Crippen LogP contribution in [0.1, 0.15) is 18.9 Å². The maximum absolute atomic E-state index is 12.0. The van der Waals surface area contributed by atoms with E-state index in [9.17, 15) is 19.7 Å². The van der Waals surface area contributed by atoms with E-state index in [1.807, 2.05) is 18.2 Å². The summed E-state index contributed by atoms with van der Waals surface area (Å²) < 4.78 is 0. The number of aromatic amines is 1. The highest BCUT2D eigenvalue weighted by atomic mass is 32.2. The zero-order valence-corrected chi connectivity index (χ0v) is 12.7. The summed E-state index contributed by atoms with van der Waals surface area (Å²) in [5.41, 5.74) is 0.277. The number of pyridine rings is 1. The molecule has 0 aliphatic heterocycles. The zero-order valence-electron chi connectivity index (χ0n) is 11.9. The predicted octanol–water partition coefficient (Wildman–Crippen LogP) is 3.12. The van der Waals surface area contributed by atoms with Crippen LogP contribution in [0, 0.1) is 10.1 Å². The molecule has 1 aromatic heterocycles. The molecular weight excluding hydrogens is 304 g/mol. The molecule has 0 saturated heterocycles. The van der Waals surface area contributed by atoms with E-state index in [0.29, 0.717) is 11.3 Å². The van der Waals surface area contributed by atoms with Gasteiger partial charge in [0.1, 0.15) is 0 Å². The van der Waals surface area contributed by atoms with Crippen LogP contribution < -0.4 is 5.43 Å². The smallest absolute Gasteiger partial charge is 0.332 e. The fourth-order valence-electron chi connectivity index (χ4n) is 1.95. The minimum Gasteiger partial charge on any atom is -0.355 e. The molecule has 6 nitrogen and oxygen atoms in total. The number of benzene rings is 1. The van der Waals surface area contributed by atoms with E-state index in [1.54, 1.807) is 12.1 Å². The van der Waals surface area contributed by atoms with Gasteiger partial charge in [0.15, 0.2) is 5.12 Å². The highest BCUT2D eigenvalue weighted by Gasteiger charge is 2.14. The average molecular weight is 318 g/mol. The molecule has 0 saturated carbocycles. The van der Waals surface area contributed by atoms with Crippen LogP contribution in [0.2, 0.25) is 0 Å². The number of thioether (sulfide) groups is 1. The fraction of sp³-hybridized carbons (Fsp3) is 0.200. The average Bonchev–Trinajstić information content (AvgIpc) is 2.47. The van der Waals surface area contributed by atoms with Crippen molar-refractivity contribution in [3.8, 4) is 0 Å². The van der Waals surface area contributed by atoms with Gasteiger partial charge >= 0.3 is 5.69 Å². The second kappa shape index (κ2) is 7.04. The summed E-state index contributed by atoms with van der Waals surface area (Å²) in [4.78, 5) is 35.7. The number of fused-ring (bicyclic) bond motifs is 1. The largest absolute Gasteiger partial charge is 0.355 e. The third-order valence-corrected chi connectivity index (χ3v) is 3.83. The number of hydrogen-bond acceptors (Lipinski definition) is 5. The Morgan fingerprint density at radius 2 is 2.23 bits per heavy atom. The quantitative estimate of drug-likeness (QED) is 0.519. The molecule has 1 aromatic carbocycles. The highest BCUT2D eigenvalue weighted by Crippen LogP contribution is 2.15. The molecule has 7 heteroatoms.